The average molecular weight is 437 g/mol. The summed E-state index contributed by atoms with van der Waals surface area (Å²) in [5, 5.41) is 0. The zero-order valence-corrected chi connectivity index (χ0v) is 19.2. The molecule has 160 valence electrons. The smallest absolute Gasteiger partial charge is 0.403 e. The summed E-state index contributed by atoms with van der Waals surface area (Å²) in [7, 11) is -1.99. The fraction of sp³-hybridized carbons (Fsp3) is 0.667. The lowest BCUT2D eigenvalue weighted by Gasteiger charge is -2.24. The third kappa shape index (κ3) is 6.24. The first-order valence-electron chi connectivity index (χ1n) is 9.15. The van der Waals surface area contributed by atoms with E-state index in [1.165, 1.54) is 14.2 Å². The van der Waals surface area contributed by atoms with Gasteiger partial charge in [-0.3, -0.25) is 4.57 Å². The molecular formula is C18H31O8P2+. The van der Waals surface area contributed by atoms with Crippen molar-refractivity contribution < 1.29 is 37.5 Å². The van der Waals surface area contributed by atoms with Crippen molar-refractivity contribution in [3.63, 3.8) is 0 Å². The number of hydrogen-bond donors (Lipinski definition) is 1. The molecule has 0 aliphatic carbocycles. The average Bonchev–Trinajstić information content (AvgIpc) is 2.66. The van der Waals surface area contributed by atoms with Crippen LogP contribution in [0.5, 0.6) is 11.5 Å². The molecule has 8 nitrogen and oxygen atoms in total. The molecule has 0 spiro atoms. The second-order valence-electron chi connectivity index (χ2n) is 6.07. The largest absolute Gasteiger partial charge is 0.496 e. The molecular weight excluding hydrogens is 406 g/mol. The van der Waals surface area contributed by atoms with Gasteiger partial charge in [-0.1, -0.05) is 11.5 Å². The Hall–Kier alpha value is -1.01. The molecule has 1 aromatic carbocycles. The minimum Gasteiger partial charge on any atom is -0.496 e. The van der Waals surface area contributed by atoms with Gasteiger partial charge in [0.2, 0.25) is 0 Å². The molecule has 1 N–H and O–H groups in total. The van der Waals surface area contributed by atoms with Crippen LogP contribution in [0.25, 0.3) is 0 Å². The van der Waals surface area contributed by atoms with E-state index in [-0.39, 0.29) is 25.5 Å². The Kier molecular flexibility index (Phi) is 10.1. The van der Waals surface area contributed by atoms with Gasteiger partial charge in [0, 0.05) is 5.56 Å². The molecule has 0 aliphatic heterocycles. The van der Waals surface area contributed by atoms with Crippen molar-refractivity contribution in [1.29, 1.82) is 0 Å². The van der Waals surface area contributed by atoms with Gasteiger partial charge in [-0.05, 0) is 39.3 Å². The van der Waals surface area contributed by atoms with Crippen molar-refractivity contribution >= 4 is 16.1 Å². The van der Waals surface area contributed by atoms with Crippen molar-refractivity contribution in [1.82, 2.24) is 0 Å². The Bertz CT molecular complexity index is 688. The first-order chi connectivity index (χ1) is 13.2. The van der Waals surface area contributed by atoms with Crippen LogP contribution in [0.3, 0.4) is 0 Å². The second kappa shape index (κ2) is 11.2. The molecule has 28 heavy (non-hydrogen) atoms. The van der Waals surface area contributed by atoms with Crippen LogP contribution in [0.15, 0.2) is 12.1 Å². The van der Waals surface area contributed by atoms with Crippen molar-refractivity contribution in [2.45, 2.75) is 51.9 Å². The quantitative estimate of drug-likeness (QED) is 0.358. The lowest BCUT2D eigenvalue weighted by Crippen LogP contribution is -2.28. The summed E-state index contributed by atoms with van der Waals surface area (Å²) >= 11 is 0. The third-order valence-corrected chi connectivity index (χ3v) is 6.33. The predicted octanol–water partition coefficient (Wildman–Crippen LogP) is 4.41. The highest BCUT2D eigenvalue weighted by atomic mass is 31.2. The number of ether oxygens (including phenoxy) is 4. The van der Waals surface area contributed by atoms with E-state index in [1.807, 2.05) is 6.92 Å². The summed E-state index contributed by atoms with van der Waals surface area (Å²) in [5.74, 6) is 0.629. The molecule has 0 fully saturated rings. The van der Waals surface area contributed by atoms with Crippen LogP contribution in [-0.2, 0) is 34.8 Å². The highest BCUT2D eigenvalue weighted by Crippen LogP contribution is 2.51. The molecule has 0 radical (unpaired) electrons. The Labute approximate surface area is 168 Å². The van der Waals surface area contributed by atoms with Crippen LogP contribution >= 0.6 is 16.1 Å². The van der Waals surface area contributed by atoms with Crippen LogP contribution in [-0.4, -0.2) is 38.4 Å². The molecule has 0 amide bonds. The summed E-state index contributed by atoms with van der Waals surface area (Å²) in [4.78, 5) is 10.2. The monoisotopic (exact) mass is 437 g/mol. The summed E-state index contributed by atoms with van der Waals surface area (Å²) in [6.45, 7) is 7.65. The molecule has 3 atom stereocenters. The molecule has 0 bridgehead atoms. The molecule has 1 aromatic rings. The maximum Gasteiger partial charge on any atom is 0.403 e. The number of methoxy groups -OCH3 is 2. The van der Waals surface area contributed by atoms with E-state index in [1.54, 1.807) is 32.9 Å². The van der Waals surface area contributed by atoms with E-state index < -0.39 is 21.6 Å². The lowest BCUT2D eigenvalue weighted by molar-refractivity contribution is -0.177. The van der Waals surface area contributed by atoms with Crippen LogP contribution < -0.4 is 9.47 Å². The van der Waals surface area contributed by atoms with Crippen molar-refractivity contribution in [2.24, 2.45) is 0 Å². The Morgan fingerprint density at radius 1 is 1.11 bits per heavy atom. The Balaban J connectivity index is 3.46. The topological polar surface area (TPSA) is 101 Å². The van der Waals surface area contributed by atoms with E-state index in [4.69, 9.17) is 23.5 Å². The van der Waals surface area contributed by atoms with E-state index in [9.17, 15) is 14.0 Å². The van der Waals surface area contributed by atoms with Crippen LogP contribution in [0.4, 0.5) is 0 Å². The highest BCUT2D eigenvalue weighted by molar-refractivity contribution is 7.52. The van der Waals surface area contributed by atoms with Crippen LogP contribution in [0.1, 0.15) is 45.2 Å². The van der Waals surface area contributed by atoms with Gasteiger partial charge in [-0.2, -0.15) is 0 Å². The van der Waals surface area contributed by atoms with Gasteiger partial charge in [0.1, 0.15) is 17.1 Å². The predicted molar refractivity (Wildman–Crippen MR) is 108 cm³/mol. The van der Waals surface area contributed by atoms with Gasteiger partial charge in [0.25, 0.3) is 0 Å². The van der Waals surface area contributed by atoms with Gasteiger partial charge in [0.15, 0.2) is 0 Å². The van der Waals surface area contributed by atoms with Crippen molar-refractivity contribution in [3.8, 4) is 11.5 Å². The van der Waals surface area contributed by atoms with Gasteiger partial charge in [-0.25, -0.2) is 0 Å². The molecule has 1 rings (SSSR count). The van der Waals surface area contributed by atoms with Crippen LogP contribution in [0, 0.1) is 0 Å². The summed E-state index contributed by atoms with van der Waals surface area (Å²) in [5.41, 5.74) is -0.715. The molecule has 0 heterocycles. The zero-order valence-electron chi connectivity index (χ0n) is 17.3. The Morgan fingerprint density at radius 3 is 2.11 bits per heavy atom. The second-order valence-corrected chi connectivity index (χ2v) is 8.73. The van der Waals surface area contributed by atoms with Gasteiger partial charge < -0.3 is 28.4 Å². The van der Waals surface area contributed by atoms with Gasteiger partial charge in [-0.15, -0.1) is 0 Å². The van der Waals surface area contributed by atoms with Crippen molar-refractivity contribution in [3.05, 3.63) is 23.3 Å². The number of benzene rings is 1. The maximum atomic E-state index is 12.5. The fourth-order valence-electron chi connectivity index (χ4n) is 2.67. The molecule has 0 saturated carbocycles. The van der Waals surface area contributed by atoms with E-state index in [0.717, 1.165) is 0 Å². The summed E-state index contributed by atoms with van der Waals surface area (Å²) in [6, 6.07) is 3.12. The van der Waals surface area contributed by atoms with E-state index in [2.05, 4.69) is 0 Å². The minimum absolute atomic E-state index is 0.257. The van der Waals surface area contributed by atoms with Crippen LogP contribution in [0.2, 0.25) is 0 Å². The van der Waals surface area contributed by atoms with Gasteiger partial charge in [0.05, 0.1) is 39.7 Å². The molecule has 0 aliphatic rings. The first kappa shape index (κ1) is 25.0. The molecule has 10 heteroatoms. The summed E-state index contributed by atoms with van der Waals surface area (Å²) < 4.78 is 52.0. The molecule has 3 unspecified atom stereocenters. The minimum atomic E-state index is -3.90. The Morgan fingerprint density at radius 2 is 1.68 bits per heavy atom. The number of rotatable bonds is 13. The maximum absolute atomic E-state index is 12.5. The first-order valence-corrected chi connectivity index (χ1v) is 11.8. The standard InChI is InChI=1S/C18H30O8P2/c1-7-13(4)26-28(20,21)12-14-10-17(23-6)15(11-16(14)22-5)18(27-19,24-8-2)25-9-3/h10-11,13H,7-9,12H2,1-6H3,(H,20,21)/p+1. The normalized spacial score (nSPS) is 15.2. The lowest BCUT2D eigenvalue weighted by atomic mass is 10.1. The zero-order chi connectivity index (χ0) is 21.4. The molecule has 0 aromatic heterocycles. The number of hydrogen-bond acceptors (Lipinski definition) is 7. The van der Waals surface area contributed by atoms with E-state index in [0.29, 0.717) is 29.0 Å². The SMILES string of the molecule is CCOC(OCC)([PH+]=O)c1cc(OC)c(CP(=O)(O)OC(C)CC)cc1OC. The third-order valence-electron chi connectivity index (χ3n) is 4.08. The van der Waals surface area contributed by atoms with E-state index >= 15 is 0 Å². The highest BCUT2D eigenvalue weighted by Gasteiger charge is 2.47. The van der Waals surface area contributed by atoms with Crippen molar-refractivity contribution in [2.75, 3.05) is 27.4 Å². The summed E-state index contributed by atoms with van der Waals surface area (Å²) in [6.07, 6.45) is 0.000354. The van der Waals surface area contributed by atoms with Gasteiger partial charge >= 0.3 is 21.6 Å². The molecule has 0 saturated heterocycles. The fourth-order valence-corrected chi connectivity index (χ4v) is 4.84.